The molecule has 39 heavy (non-hydrogen) atoms. The molecule has 212 valence electrons. The molecule has 2 N–H and O–H groups in total. The van der Waals surface area contributed by atoms with Crippen molar-refractivity contribution in [3.63, 3.8) is 0 Å². The number of benzene rings is 1. The number of halogens is 1. The zero-order chi connectivity index (χ0) is 27.2. The predicted octanol–water partition coefficient (Wildman–Crippen LogP) is 6.03. The summed E-state index contributed by atoms with van der Waals surface area (Å²) in [5, 5.41) is 8.15. The van der Waals surface area contributed by atoms with Crippen LogP contribution in [0.4, 0.5) is 17.6 Å². The second-order valence-corrected chi connectivity index (χ2v) is 12.7. The van der Waals surface area contributed by atoms with Gasteiger partial charge in [-0.3, -0.25) is 0 Å². The Morgan fingerprint density at radius 3 is 2.23 bits per heavy atom. The van der Waals surface area contributed by atoms with E-state index < -0.39 is 0 Å². The van der Waals surface area contributed by atoms with Crippen molar-refractivity contribution in [2.75, 3.05) is 61.1 Å². The number of rotatable bonds is 6. The molecule has 2 atom stereocenters. The third kappa shape index (κ3) is 7.33. The van der Waals surface area contributed by atoms with E-state index in [-0.39, 0.29) is 5.41 Å². The van der Waals surface area contributed by atoms with Crippen molar-refractivity contribution in [1.29, 1.82) is 0 Å². The van der Waals surface area contributed by atoms with Crippen molar-refractivity contribution in [1.82, 2.24) is 15.3 Å². The van der Waals surface area contributed by atoms with Gasteiger partial charge in [-0.15, -0.1) is 0 Å². The molecule has 1 aromatic carbocycles. The largest absolute Gasteiger partial charge is 0.381 e. The summed E-state index contributed by atoms with van der Waals surface area (Å²) in [6.45, 7) is 11.0. The van der Waals surface area contributed by atoms with Gasteiger partial charge in [0, 0.05) is 62.4 Å². The van der Waals surface area contributed by atoms with E-state index in [1.807, 2.05) is 12.1 Å². The van der Waals surface area contributed by atoms with E-state index in [4.69, 9.17) is 38.5 Å². The number of hydrogen-bond acceptors (Lipinski definition) is 6. The Hall–Kier alpha value is -2.16. The van der Waals surface area contributed by atoms with Crippen molar-refractivity contribution in [2.45, 2.75) is 64.2 Å². The summed E-state index contributed by atoms with van der Waals surface area (Å²) >= 11 is 12.0. The van der Waals surface area contributed by atoms with Crippen LogP contribution < -0.4 is 20.4 Å². The zero-order valence-corrected chi connectivity index (χ0v) is 25.0. The molecule has 0 radical (unpaired) electrons. The Balaban J connectivity index is 1.34. The molecule has 3 aliphatic heterocycles. The number of aromatic nitrogens is 2. The molecule has 0 unspecified atom stereocenters. The standard InChI is InChI=1S/C30H43ClN6OS/c1-22-17-23(2)20-37(19-22)27-18-26(36-13-5-3-4-6-14-36)33-28(34-27)35-29(39)32-21-30(11-15-38-16-12-30)24-7-9-25(31)10-8-24/h7-10,18,22-23H,3-6,11-17,19-21H2,1-2H3,(H2,32,33,34,35,39)/t22-,23-/m1/s1. The second kappa shape index (κ2) is 13.0. The van der Waals surface area contributed by atoms with Gasteiger partial charge >= 0.3 is 0 Å². The lowest BCUT2D eigenvalue weighted by Gasteiger charge is -2.38. The first-order chi connectivity index (χ1) is 18.9. The summed E-state index contributed by atoms with van der Waals surface area (Å²) in [7, 11) is 0. The minimum Gasteiger partial charge on any atom is -0.381 e. The number of thiocarbonyl (C=S) groups is 1. The number of hydrogen-bond donors (Lipinski definition) is 2. The molecule has 9 heteroatoms. The maximum absolute atomic E-state index is 6.18. The third-order valence-electron chi connectivity index (χ3n) is 8.54. The topological polar surface area (TPSA) is 65.5 Å². The molecule has 0 amide bonds. The molecule has 0 aliphatic carbocycles. The summed E-state index contributed by atoms with van der Waals surface area (Å²) < 4.78 is 5.71. The first kappa shape index (κ1) is 28.4. The quantitative estimate of drug-likeness (QED) is 0.408. The van der Waals surface area contributed by atoms with Gasteiger partial charge in [-0.2, -0.15) is 9.97 Å². The van der Waals surface area contributed by atoms with E-state index in [9.17, 15) is 0 Å². The monoisotopic (exact) mass is 570 g/mol. The van der Waals surface area contributed by atoms with E-state index in [0.29, 0.717) is 29.4 Å². The van der Waals surface area contributed by atoms with Crippen LogP contribution in [0.15, 0.2) is 30.3 Å². The number of nitrogens with one attached hydrogen (secondary N) is 2. The highest BCUT2D eigenvalue weighted by molar-refractivity contribution is 7.80. The lowest BCUT2D eigenvalue weighted by molar-refractivity contribution is 0.0515. The Morgan fingerprint density at radius 2 is 1.59 bits per heavy atom. The normalized spacial score (nSPS) is 23.7. The first-order valence-corrected chi connectivity index (χ1v) is 15.5. The van der Waals surface area contributed by atoms with E-state index in [2.05, 4.69) is 52.5 Å². The lowest BCUT2D eigenvalue weighted by atomic mass is 9.74. The van der Waals surface area contributed by atoms with Gasteiger partial charge in [0.2, 0.25) is 5.95 Å². The number of ether oxygens (including phenoxy) is 1. The molecule has 1 aromatic heterocycles. The maximum Gasteiger partial charge on any atom is 0.232 e. The van der Waals surface area contributed by atoms with E-state index >= 15 is 0 Å². The maximum atomic E-state index is 6.18. The van der Waals surface area contributed by atoms with Gasteiger partial charge in [-0.1, -0.05) is 50.4 Å². The van der Waals surface area contributed by atoms with Gasteiger partial charge in [0.25, 0.3) is 0 Å². The number of piperidine rings is 1. The Bertz CT molecular complexity index is 1090. The SMILES string of the molecule is C[C@@H]1C[C@@H](C)CN(c2cc(N3CCCCCC3)nc(NC(=S)NCC3(c4ccc(Cl)cc4)CCOCC3)n2)C1. The molecule has 3 fully saturated rings. The molecule has 0 saturated carbocycles. The van der Waals surface area contributed by atoms with Crippen molar-refractivity contribution in [3.05, 3.63) is 40.9 Å². The molecular formula is C30H43ClN6OS. The van der Waals surface area contributed by atoms with Crippen molar-refractivity contribution < 1.29 is 4.74 Å². The molecule has 5 rings (SSSR count). The van der Waals surface area contributed by atoms with Crippen LogP contribution in [0, 0.1) is 11.8 Å². The summed E-state index contributed by atoms with van der Waals surface area (Å²) in [5.41, 5.74) is 1.20. The van der Waals surface area contributed by atoms with Crippen LogP contribution in [0.5, 0.6) is 0 Å². The van der Waals surface area contributed by atoms with Crippen molar-refractivity contribution in [3.8, 4) is 0 Å². The highest BCUT2D eigenvalue weighted by Gasteiger charge is 2.34. The molecule has 3 aliphatic rings. The zero-order valence-electron chi connectivity index (χ0n) is 23.4. The van der Waals surface area contributed by atoms with E-state index in [0.717, 1.165) is 68.9 Å². The fourth-order valence-electron chi connectivity index (χ4n) is 6.48. The molecular weight excluding hydrogens is 528 g/mol. The summed E-state index contributed by atoms with van der Waals surface area (Å²) in [5.74, 6) is 3.86. The predicted molar refractivity (Wildman–Crippen MR) is 165 cm³/mol. The molecule has 4 heterocycles. The average Bonchev–Trinajstić information content (AvgIpc) is 3.22. The van der Waals surface area contributed by atoms with Crippen LogP contribution in [0.1, 0.15) is 64.4 Å². The molecule has 3 saturated heterocycles. The number of nitrogens with zero attached hydrogens (tertiary/aromatic N) is 4. The van der Waals surface area contributed by atoms with Gasteiger partial charge in [-0.25, -0.2) is 0 Å². The van der Waals surface area contributed by atoms with Crippen molar-refractivity contribution in [2.24, 2.45) is 11.8 Å². The summed E-state index contributed by atoms with van der Waals surface area (Å²) in [6, 6.07) is 10.4. The van der Waals surface area contributed by atoms with Gasteiger partial charge < -0.3 is 25.2 Å². The van der Waals surface area contributed by atoms with Crippen LogP contribution in [0.3, 0.4) is 0 Å². The highest BCUT2D eigenvalue weighted by Crippen LogP contribution is 2.35. The van der Waals surface area contributed by atoms with E-state index in [1.54, 1.807) is 0 Å². The lowest BCUT2D eigenvalue weighted by Crippen LogP contribution is -2.45. The van der Waals surface area contributed by atoms with Crippen LogP contribution in [-0.4, -0.2) is 61.0 Å². The van der Waals surface area contributed by atoms with Crippen LogP contribution in [0.25, 0.3) is 0 Å². The molecule has 2 aromatic rings. The van der Waals surface area contributed by atoms with Crippen molar-refractivity contribution >= 4 is 46.5 Å². The minimum atomic E-state index is -0.0609. The average molecular weight is 571 g/mol. The smallest absolute Gasteiger partial charge is 0.232 e. The van der Waals surface area contributed by atoms with Gasteiger partial charge in [0.15, 0.2) is 5.11 Å². The van der Waals surface area contributed by atoms with Crippen LogP contribution >= 0.6 is 23.8 Å². The summed E-state index contributed by atoms with van der Waals surface area (Å²) in [6.07, 6.45) is 8.11. The summed E-state index contributed by atoms with van der Waals surface area (Å²) in [4.78, 5) is 14.8. The van der Waals surface area contributed by atoms with Crippen LogP contribution in [0.2, 0.25) is 5.02 Å². The Labute approximate surface area is 244 Å². The van der Waals surface area contributed by atoms with Gasteiger partial charge in [-0.05, 0) is 73.9 Å². The Kier molecular flexibility index (Phi) is 9.46. The third-order valence-corrected chi connectivity index (χ3v) is 9.04. The highest BCUT2D eigenvalue weighted by atomic mass is 35.5. The van der Waals surface area contributed by atoms with Gasteiger partial charge in [0.1, 0.15) is 11.6 Å². The molecule has 0 spiro atoms. The van der Waals surface area contributed by atoms with E-state index in [1.165, 1.54) is 37.7 Å². The molecule has 0 bridgehead atoms. The fourth-order valence-corrected chi connectivity index (χ4v) is 6.77. The van der Waals surface area contributed by atoms with Crippen LogP contribution in [-0.2, 0) is 10.2 Å². The number of anilines is 3. The Morgan fingerprint density at radius 1 is 0.974 bits per heavy atom. The second-order valence-electron chi connectivity index (χ2n) is 11.9. The first-order valence-electron chi connectivity index (χ1n) is 14.7. The fraction of sp³-hybridized carbons (Fsp3) is 0.633. The minimum absolute atomic E-state index is 0.0609. The molecule has 7 nitrogen and oxygen atoms in total. The van der Waals surface area contributed by atoms with Gasteiger partial charge in [0.05, 0.1) is 0 Å².